The number of hydrogen-bond acceptors (Lipinski definition) is 5. The Hall–Kier alpha value is -1.57. The lowest BCUT2D eigenvalue weighted by Gasteiger charge is -2.28. The van der Waals surface area contributed by atoms with E-state index in [9.17, 15) is 13.2 Å². The lowest BCUT2D eigenvalue weighted by Crippen LogP contribution is -2.33. The van der Waals surface area contributed by atoms with Crippen molar-refractivity contribution in [3.63, 3.8) is 0 Å². The summed E-state index contributed by atoms with van der Waals surface area (Å²) in [5.74, 6) is 5.09. The quantitative estimate of drug-likeness (QED) is 0.639. The van der Waals surface area contributed by atoms with Gasteiger partial charge in [-0.05, 0) is 20.3 Å². The topological polar surface area (TPSA) is 67.1 Å². The molecule has 108 valence electrons. The number of anilines is 2. The molecule has 1 rings (SSSR count). The van der Waals surface area contributed by atoms with Crippen molar-refractivity contribution in [1.29, 1.82) is 0 Å². The van der Waals surface area contributed by atoms with Crippen LogP contribution >= 0.6 is 0 Å². The summed E-state index contributed by atoms with van der Waals surface area (Å²) in [5, 5.41) is 0. The molecule has 0 aliphatic carbocycles. The average Bonchev–Trinajstić information content (AvgIpc) is 2.37. The fourth-order valence-corrected chi connectivity index (χ4v) is 1.71. The van der Waals surface area contributed by atoms with E-state index in [1.807, 2.05) is 20.8 Å². The number of hydrazine groups is 1. The van der Waals surface area contributed by atoms with Crippen LogP contribution in [0.5, 0.6) is 0 Å². The second-order valence-corrected chi connectivity index (χ2v) is 4.12. The number of nitrogen functional groups attached to an aromatic ring is 1. The molecule has 1 heterocycles. The van der Waals surface area contributed by atoms with Gasteiger partial charge in [-0.25, -0.2) is 10.8 Å². The van der Waals surface area contributed by atoms with Crippen LogP contribution in [0.1, 0.15) is 32.9 Å². The first-order valence-electron chi connectivity index (χ1n) is 6.03. The summed E-state index contributed by atoms with van der Waals surface area (Å²) < 4.78 is 38.3. The van der Waals surface area contributed by atoms with E-state index in [1.54, 1.807) is 4.90 Å². The number of nitrogens with one attached hydrogen (secondary N) is 1. The van der Waals surface area contributed by atoms with Crippen LogP contribution in [-0.4, -0.2) is 22.6 Å². The molecular weight excluding hydrogens is 259 g/mol. The van der Waals surface area contributed by atoms with Crippen LogP contribution in [0, 0.1) is 0 Å². The Kier molecular flexibility index (Phi) is 4.93. The first kappa shape index (κ1) is 15.5. The molecule has 0 bridgehead atoms. The third-order valence-electron chi connectivity index (χ3n) is 2.89. The zero-order chi connectivity index (χ0) is 14.6. The summed E-state index contributed by atoms with van der Waals surface area (Å²) in [7, 11) is 0. The van der Waals surface area contributed by atoms with Gasteiger partial charge in [-0.3, -0.25) is 5.43 Å². The van der Waals surface area contributed by atoms with Crippen LogP contribution < -0.4 is 16.2 Å². The van der Waals surface area contributed by atoms with E-state index < -0.39 is 11.9 Å². The van der Waals surface area contributed by atoms with E-state index in [0.717, 1.165) is 12.5 Å². The molecule has 0 aromatic carbocycles. The van der Waals surface area contributed by atoms with Gasteiger partial charge in [0.25, 0.3) is 0 Å². The van der Waals surface area contributed by atoms with Crippen molar-refractivity contribution in [1.82, 2.24) is 9.97 Å². The highest BCUT2D eigenvalue weighted by Crippen LogP contribution is 2.31. The predicted octanol–water partition coefficient (Wildman–Crippen LogP) is 2.41. The summed E-state index contributed by atoms with van der Waals surface area (Å²) in [6.45, 7) is 6.29. The molecule has 0 spiro atoms. The second kappa shape index (κ2) is 6.05. The van der Waals surface area contributed by atoms with Gasteiger partial charge in [0.15, 0.2) is 5.69 Å². The lowest BCUT2D eigenvalue weighted by molar-refractivity contribution is -0.141. The van der Waals surface area contributed by atoms with E-state index in [0.29, 0.717) is 6.54 Å². The molecule has 19 heavy (non-hydrogen) atoms. The van der Waals surface area contributed by atoms with Gasteiger partial charge in [0, 0.05) is 18.7 Å². The van der Waals surface area contributed by atoms with E-state index in [4.69, 9.17) is 5.84 Å². The molecule has 0 aliphatic heterocycles. The minimum Gasteiger partial charge on any atom is -0.354 e. The molecule has 1 atom stereocenters. The van der Waals surface area contributed by atoms with Gasteiger partial charge in [-0.2, -0.15) is 18.2 Å². The maximum Gasteiger partial charge on any atom is 0.433 e. The van der Waals surface area contributed by atoms with Gasteiger partial charge in [0.2, 0.25) is 5.95 Å². The number of hydrogen-bond donors (Lipinski definition) is 2. The molecule has 0 saturated carbocycles. The van der Waals surface area contributed by atoms with E-state index in [2.05, 4.69) is 15.4 Å². The van der Waals surface area contributed by atoms with Crippen LogP contribution in [0.2, 0.25) is 0 Å². The predicted molar refractivity (Wildman–Crippen MR) is 67.6 cm³/mol. The Morgan fingerprint density at radius 1 is 1.37 bits per heavy atom. The molecule has 0 amide bonds. The standard InChI is InChI=1S/C11H18F3N5/c1-4-7(3)19(5-2)9-6-8(11(12,13)14)16-10(17-9)18-15/h6-7H,4-5,15H2,1-3H3,(H,16,17,18). The first-order valence-corrected chi connectivity index (χ1v) is 6.03. The number of rotatable bonds is 5. The van der Waals surface area contributed by atoms with Crippen LogP contribution in [0.3, 0.4) is 0 Å². The Morgan fingerprint density at radius 2 is 2.00 bits per heavy atom. The molecule has 8 heteroatoms. The van der Waals surface area contributed by atoms with Crippen LogP contribution in [0.15, 0.2) is 6.07 Å². The molecule has 5 nitrogen and oxygen atoms in total. The molecule has 1 unspecified atom stereocenters. The van der Waals surface area contributed by atoms with Gasteiger partial charge in [-0.15, -0.1) is 0 Å². The van der Waals surface area contributed by atoms with Crippen molar-refractivity contribution in [3.05, 3.63) is 11.8 Å². The highest BCUT2D eigenvalue weighted by Gasteiger charge is 2.34. The first-order chi connectivity index (χ1) is 8.83. The zero-order valence-electron chi connectivity index (χ0n) is 11.1. The Morgan fingerprint density at radius 3 is 2.42 bits per heavy atom. The van der Waals surface area contributed by atoms with Gasteiger partial charge in [-0.1, -0.05) is 6.92 Å². The fraction of sp³-hybridized carbons (Fsp3) is 0.636. The largest absolute Gasteiger partial charge is 0.433 e. The number of aromatic nitrogens is 2. The lowest BCUT2D eigenvalue weighted by atomic mass is 10.2. The molecular formula is C11H18F3N5. The number of nitrogens with two attached hydrogens (primary N) is 1. The van der Waals surface area contributed by atoms with Crippen molar-refractivity contribution in [2.24, 2.45) is 5.84 Å². The van der Waals surface area contributed by atoms with E-state index in [-0.39, 0.29) is 17.8 Å². The summed E-state index contributed by atoms with van der Waals surface area (Å²) in [4.78, 5) is 9.09. The van der Waals surface area contributed by atoms with Crippen LogP contribution in [0.25, 0.3) is 0 Å². The highest BCUT2D eigenvalue weighted by atomic mass is 19.4. The molecule has 0 saturated heterocycles. The van der Waals surface area contributed by atoms with Crippen LogP contribution in [-0.2, 0) is 6.18 Å². The monoisotopic (exact) mass is 277 g/mol. The third-order valence-corrected chi connectivity index (χ3v) is 2.89. The number of alkyl halides is 3. The molecule has 0 fully saturated rings. The van der Waals surface area contributed by atoms with Crippen molar-refractivity contribution in [2.45, 2.75) is 39.4 Å². The maximum atomic E-state index is 12.8. The van der Waals surface area contributed by atoms with Gasteiger partial charge in [0.05, 0.1) is 0 Å². The summed E-state index contributed by atoms with van der Waals surface area (Å²) in [6.07, 6.45) is -3.73. The summed E-state index contributed by atoms with van der Waals surface area (Å²) >= 11 is 0. The Balaban J connectivity index is 3.26. The number of nitrogens with zero attached hydrogens (tertiary/aromatic N) is 3. The zero-order valence-corrected chi connectivity index (χ0v) is 11.1. The molecule has 0 radical (unpaired) electrons. The minimum atomic E-state index is -4.53. The van der Waals surface area contributed by atoms with Crippen molar-refractivity contribution < 1.29 is 13.2 Å². The SMILES string of the molecule is CCC(C)N(CC)c1cc(C(F)(F)F)nc(NN)n1. The smallest absolute Gasteiger partial charge is 0.354 e. The van der Waals surface area contributed by atoms with Gasteiger partial charge >= 0.3 is 6.18 Å². The highest BCUT2D eigenvalue weighted by molar-refractivity contribution is 5.46. The molecule has 1 aromatic rings. The van der Waals surface area contributed by atoms with Gasteiger partial charge in [0.1, 0.15) is 5.82 Å². The minimum absolute atomic E-state index is 0.0756. The van der Waals surface area contributed by atoms with Crippen molar-refractivity contribution >= 4 is 11.8 Å². The maximum absolute atomic E-state index is 12.8. The molecule has 3 N–H and O–H groups in total. The Bertz CT molecular complexity index is 421. The average molecular weight is 277 g/mol. The Labute approximate surface area is 110 Å². The molecule has 1 aromatic heterocycles. The number of halogens is 3. The van der Waals surface area contributed by atoms with E-state index in [1.165, 1.54) is 0 Å². The normalized spacial score (nSPS) is 13.2. The van der Waals surface area contributed by atoms with E-state index >= 15 is 0 Å². The van der Waals surface area contributed by atoms with Gasteiger partial charge < -0.3 is 4.90 Å². The molecule has 0 aliphatic rings. The van der Waals surface area contributed by atoms with Crippen molar-refractivity contribution in [3.8, 4) is 0 Å². The summed E-state index contributed by atoms with van der Waals surface area (Å²) in [5.41, 5.74) is 1.06. The fourth-order valence-electron chi connectivity index (χ4n) is 1.71. The third kappa shape index (κ3) is 3.69. The second-order valence-electron chi connectivity index (χ2n) is 4.12. The summed E-state index contributed by atoms with van der Waals surface area (Å²) in [6, 6.07) is 1.02. The van der Waals surface area contributed by atoms with Crippen LogP contribution in [0.4, 0.5) is 24.9 Å². The van der Waals surface area contributed by atoms with Crippen molar-refractivity contribution in [2.75, 3.05) is 16.9 Å².